The molecule has 1 aromatic carbocycles. The number of nitrogens with two attached hydrogens (primary N) is 1. The zero-order chi connectivity index (χ0) is 15.1. The van der Waals surface area contributed by atoms with Gasteiger partial charge in [-0.05, 0) is 12.1 Å². The molecule has 2 aromatic rings. The molecule has 8 heteroatoms. The number of benzene rings is 1. The molecule has 1 aliphatic rings. The van der Waals surface area contributed by atoms with Crippen molar-refractivity contribution in [1.82, 2.24) is 4.98 Å². The maximum Gasteiger partial charge on any atom is 0.299 e. The number of hydrogen-bond acceptors (Lipinski definition) is 5. The van der Waals surface area contributed by atoms with Crippen LogP contribution in [0.5, 0.6) is 0 Å². The molecule has 0 aliphatic carbocycles. The number of oxazole rings is 1. The monoisotopic (exact) mass is 329 g/mol. The Morgan fingerprint density at radius 3 is 2.95 bits per heavy atom. The summed E-state index contributed by atoms with van der Waals surface area (Å²) in [5.74, 6) is -0.444. The molecule has 21 heavy (non-hydrogen) atoms. The number of halogens is 2. The van der Waals surface area contributed by atoms with Crippen molar-refractivity contribution in [3.8, 4) is 0 Å². The molecule has 0 unspecified atom stereocenters. The SMILES string of the molecule is CO[C@H]1C[C@@H](C(N)=O)N(c2nc3cc(Cl)cc(Cl)c3o2)C1. The van der Waals surface area contributed by atoms with Crippen LogP contribution in [0, 0.1) is 0 Å². The molecule has 0 saturated carbocycles. The third-order valence-electron chi connectivity index (χ3n) is 3.57. The van der Waals surface area contributed by atoms with E-state index in [1.807, 2.05) is 0 Å². The zero-order valence-electron chi connectivity index (χ0n) is 11.2. The van der Waals surface area contributed by atoms with Gasteiger partial charge in [-0.15, -0.1) is 0 Å². The quantitative estimate of drug-likeness (QED) is 0.933. The molecular formula is C13H13Cl2N3O3. The Kier molecular flexibility index (Phi) is 3.69. The van der Waals surface area contributed by atoms with Gasteiger partial charge in [0.15, 0.2) is 5.58 Å². The fourth-order valence-electron chi connectivity index (χ4n) is 2.52. The first-order chi connectivity index (χ1) is 9.99. The second-order valence-corrected chi connectivity index (χ2v) is 5.74. The maximum atomic E-state index is 11.6. The van der Waals surface area contributed by atoms with E-state index in [9.17, 15) is 4.79 Å². The first kappa shape index (κ1) is 14.4. The third kappa shape index (κ3) is 2.54. The summed E-state index contributed by atoms with van der Waals surface area (Å²) in [4.78, 5) is 17.6. The minimum absolute atomic E-state index is 0.100. The van der Waals surface area contributed by atoms with Gasteiger partial charge >= 0.3 is 0 Å². The lowest BCUT2D eigenvalue weighted by molar-refractivity contribution is -0.119. The molecule has 112 valence electrons. The number of primary amides is 1. The third-order valence-corrected chi connectivity index (χ3v) is 4.07. The molecule has 1 fully saturated rings. The number of carbonyl (C=O) groups excluding carboxylic acids is 1. The minimum Gasteiger partial charge on any atom is -0.422 e. The number of aromatic nitrogens is 1. The Labute approximate surface area is 130 Å². The molecular weight excluding hydrogens is 317 g/mol. The predicted octanol–water partition coefficient (Wildman–Crippen LogP) is 2.21. The number of nitrogens with zero attached hydrogens (tertiary/aromatic N) is 2. The van der Waals surface area contributed by atoms with Gasteiger partial charge in [-0.25, -0.2) is 0 Å². The predicted molar refractivity (Wildman–Crippen MR) is 79.8 cm³/mol. The summed E-state index contributed by atoms with van der Waals surface area (Å²) in [6.07, 6.45) is 0.399. The van der Waals surface area contributed by atoms with Crippen molar-refractivity contribution in [3.05, 3.63) is 22.2 Å². The van der Waals surface area contributed by atoms with Crippen molar-refractivity contribution in [3.63, 3.8) is 0 Å². The van der Waals surface area contributed by atoms with Gasteiger partial charge < -0.3 is 19.8 Å². The van der Waals surface area contributed by atoms with Crippen LogP contribution in [0.2, 0.25) is 10.0 Å². The molecule has 1 aromatic heterocycles. The van der Waals surface area contributed by atoms with Crippen molar-refractivity contribution >= 4 is 46.2 Å². The van der Waals surface area contributed by atoms with Gasteiger partial charge in [-0.3, -0.25) is 4.79 Å². The van der Waals surface area contributed by atoms with Crippen LogP contribution in [0.25, 0.3) is 11.1 Å². The smallest absolute Gasteiger partial charge is 0.299 e. The highest BCUT2D eigenvalue weighted by molar-refractivity contribution is 6.38. The lowest BCUT2D eigenvalue weighted by atomic mass is 10.2. The fraction of sp³-hybridized carbons (Fsp3) is 0.385. The largest absolute Gasteiger partial charge is 0.422 e. The molecule has 2 atom stereocenters. The first-order valence-corrected chi connectivity index (χ1v) is 7.09. The van der Waals surface area contributed by atoms with Gasteiger partial charge in [0.05, 0.1) is 11.1 Å². The van der Waals surface area contributed by atoms with E-state index >= 15 is 0 Å². The van der Waals surface area contributed by atoms with E-state index in [4.69, 9.17) is 38.1 Å². The standard InChI is InChI=1S/C13H13Cl2N3O3/c1-20-7-4-10(12(16)19)18(5-7)13-17-9-3-6(14)2-8(15)11(9)21-13/h2-3,7,10H,4-5H2,1H3,(H2,16,19)/t7-,10-/m0/s1. The van der Waals surface area contributed by atoms with Crippen LogP contribution >= 0.6 is 23.2 Å². The van der Waals surface area contributed by atoms with E-state index in [1.54, 1.807) is 24.1 Å². The summed E-state index contributed by atoms with van der Waals surface area (Å²) in [5.41, 5.74) is 6.40. The topological polar surface area (TPSA) is 81.6 Å². The normalized spacial score (nSPS) is 22.1. The maximum absolute atomic E-state index is 11.6. The Bertz CT molecular complexity index is 703. The summed E-state index contributed by atoms with van der Waals surface area (Å²) in [7, 11) is 1.59. The van der Waals surface area contributed by atoms with Crippen molar-refractivity contribution in [2.24, 2.45) is 5.73 Å². The van der Waals surface area contributed by atoms with Gasteiger partial charge in [0, 0.05) is 25.1 Å². The number of rotatable bonds is 3. The highest BCUT2D eigenvalue weighted by Crippen LogP contribution is 2.34. The average molecular weight is 330 g/mol. The molecule has 0 radical (unpaired) electrons. The van der Waals surface area contributed by atoms with Crippen LogP contribution in [-0.4, -0.2) is 36.7 Å². The Morgan fingerprint density at radius 1 is 1.52 bits per heavy atom. The second kappa shape index (κ2) is 5.36. The van der Waals surface area contributed by atoms with E-state index in [1.165, 1.54) is 0 Å². The van der Waals surface area contributed by atoms with E-state index < -0.39 is 11.9 Å². The molecule has 2 N–H and O–H groups in total. The lowest BCUT2D eigenvalue weighted by Crippen LogP contribution is -2.40. The van der Waals surface area contributed by atoms with Crippen LogP contribution in [-0.2, 0) is 9.53 Å². The first-order valence-electron chi connectivity index (χ1n) is 6.34. The fourth-order valence-corrected chi connectivity index (χ4v) is 3.04. The van der Waals surface area contributed by atoms with E-state index in [0.29, 0.717) is 34.1 Å². The van der Waals surface area contributed by atoms with Gasteiger partial charge in [0.1, 0.15) is 11.6 Å². The molecule has 3 rings (SSSR count). The van der Waals surface area contributed by atoms with Crippen LogP contribution in [0.1, 0.15) is 6.42 Å². The summed E-state index contributed by atoms with van der Waals surface area (Å²) in [5, 5.41) is 0.837. The Hall–Kier alpha value is -1.50. The Morgan fingerprint density at radius 2 is 2.29 bits per heavy atom. The summed E-state index contributed by atoms with van der Waals surface area (Å²) in [6, 6.07) is 3.00. The summed E-state index contributed by atoms with van der Waals surface area (Å²) in [6.45, 7) is 0.474. The van der Waals surface area contributed by atoms with E-state index in [0.717, 1.165) is 0 Å². The molecule has 0 bridgehead atoms. The van der Waals surface area contributed by atoms with Crippen molar-refractivity contribution < 1.29 is 13.9 Å². The highest BCUT2D eigenvalue weighted by Gasteiger charge is 2.38. The van der Waals surface area contributed by atoms with Crippen LogP contribution in [0.3, 0.4) is 0 Å². The van der Waals surface area contributed by atoms with Crippen molar-refractivity contribution in [1.29, 1.82) is 0 Å². The minimum atomic E-state index is -0.516. The number of hydrogen-bond donors (Lipinski definition) is 1. The summed E-state index contributed by atoms with van der Waals surface area (Å²) < 4.78 is 11.0. The number of anilines is 1. The van der Waals surface area contributed by atoms with Crippen molar-refractivity contribution in [2.75, 3.05) is 18.6 Å². The van der Waals surface area contributed by atoms with Gasteiger partial charge in [0.2, 0.25) is 5.91 Å². The van der Waals surface area contributed by atoms with Gasteiger partial charge in [-0.1, -0.05) is 23.2 Å². The van der Waals surface area contributed by atoms with E-state index in [-0.39, 0.29) is 12.1 Å². The molecule has 1 amide bonds. The molecule has 0 spiro atoms. The second-order valence-electron chi connectivity index (χ2n) is 4.90. The number of methoxy groups -OCH3 is 1. The Balaban J connectivity index is 2.02. The average Bonchev–Trinajstić information content (AvgIpc) is 3.01. The number of ether oxygens (including phenoxy) is 1. The van der Waals surface area contributed by atoms with Crippen LogP contribution < -0.4 is 10.6 Å². The highest BCUT2D eigenvalue weighted by atomic mass is 35.5. The number of amides is 1. The van der Waals surface area contributed by atoms with Gasteiger partial charge in [0.25, 0.3) is 6.01 Å². The van der Waals surface area contributed by atoms with Crippen molar-refractivity contribution in [2.45, 2.75) is 18.6 Å². The number of fused-ring (bicyclic) bond motifs is 1. The molecule has 1 aliphatic heterocycles. The zero-order valence-corrected chi connectivity index (χ0v) is 12.7. The van der Waals surface area contributed by atoms with E-state index in [2.05, 4.69) is 4.98 Å². The molecule has 2 heterocycles. The van der Waals surface area contributed by atoms with Gasteiger partial charge in [-0.2, -0.15) is 4.98 Å². The van der Waals surface area contributed by atoms with Crippen LogP contribution in [0.15, 0.2) is 16.5 Å². The molecule has 6 nitrogen and oxygen atoms in total. The molecule has 1 saturated heterocycles. The van der Waals surface area contributed by atoms with Crippen LogP contribution in [0.4, 0.5) is 6.01 Å². The summed E-state index contributed by atoms with van der Waals surface area (Å²) >= 11 is 12.0. The number of carbonyl (C=O) groups is 1. The lowest BCUT2D eigenvalue weighted by Gasteiger charge is -2.19.